The third kappa shape index (κ3) is 4.19. The molecule has 2 N–H and O–H groups in total. The maximum absolute atomic E-state index is 12.5. The van der Waals surface area contributed by atoms with Crippen molar-refractivity contribution in [3.8, 4) is 11.5 Å². The summed E-state index contributed by atoms with van der Waals surface area (Å²) in [7, 11) is -2.41. The third-order valence-electron chi connectivity index (χ3n) is 3.71. The first kappa shape index (κ1) is 19.5. The van der Waals surface area contributed by atoms with Gasteiger partial charge >= 0.3 is 6.61 Å². The maximum Gasteiger partial charge on any atom is 0.387 e. The first-order valence-corrected chi connectivity index (χ1v) is 9.38. The van der Waals surface area contributed by atoms with Crippen molar-refractivity contribution in [1.29, 1.82) is 0 Å². The summed E-state index contributed by atoms with van der Waals surface area (Å²) in [6, 6.07) is 10.2. The van der Waals surface area contributed by atoms with Crippen LogP contribution in [0, 0.1) is 0 Å². The van der Waals surface area contributed by atoms with Gasteiger partial charge < -0.3 is 14.8 Å². The van der Waals surface area contributed by atoms with E-state index in [0.29, 0.717) is 5.56 Å². The standard InChI is InChI=1S/C17H15F2N3O5S/c1-26-12-7-6-10(8-13(12)27-17(18)19)21-15(23)9-20-16-11-4-2-3-5-14(11)28(24,25)22-16/h2-8,17H,9H2,1H3,(H,20,22)(H,21,23). The van der Waals surface area contributed by atoms with Crippen LogP contribution in [0.15, 0.2) is 52.4 Å². The highest BCUT2D eigenvalue weighted by Crippen LogP contribution is 2.31. The van der Waals surface area contributed by atoms with E-state index in [1.54, 1.807) is 18.2 Å². The molecule has 148 valence electrons. The number of sulfonamides is 1. The SMILES string of the molecule is COc1ccc(NC(=O)CN=C2NS(=O)(=O)c3ccccc32)cc1OC(F)F. The molecule has 0 fully saturated rings. The second-order valence-corrected chi connectivity index (χ2v) is 7.21. The number of carbonyl (C=O) groups is 1. The highest BCUT2D eigenvalue weighted by molar-refractivity contribution is 7.90. The average molecular weight is 411 g/mol. The molecule has 0 radical (unpaired) electrons. The molecule has 2 aromatic carbocycles. The smallest absolute Gasteiger partial charge is 0.387 e. The Bertz CT molecular complexity index is 1040. The predicted molar refractivity (Wildman–Crippen MR) is 96.4 cm³/mol. The van der Waals surface area contributed by atoms with E-state index in [2.05, 4.69) is 19.8 Å². The number of nitrogens with one attached hydrogen (secondary N) is 2. The molecule has 0 atom stereocenters. The van der Waals surface area contributed by atoms with E-state index in [1.807, 2.05) is 0 Å². The summed E-state index contributed by atoms with van der Waals surface area (Å²) in [6.45, 7) is -3.44. The molecule has 0 saturated carbocycles. The fourth-order valence-corrected chi connectivity index (χ4v) is 3.80. The first-order chi connectivity index (χ1) is 13.3. The van der Waals surface area contributed by atoms with Crippen LogP contribution >= 0.6 is 0 Å². The summed E-state index contributed by atoms with van der Waals surface area (Å²) in [5, 5.41) is 2.47. The summed E-state index contributed by atoms with van der Waals surface area (Å²) >= 11 is 0. The Morgan fingerprint density at radius 2 is 1.96 bits per heavy atom. The molecule has 1 aliphatic rings. The molecule has 3 rings (SSSR count). The van der Waals surface area contributed by atoms with Gasteiger partial charge in [0, 0.05) is 17.3 Å². The normalized spacial score (nSPS) is 15.8. The number of rotatable bonds is 6. The Balaban J connectivity index is 1.73. The molecule has 8 nitrogen and oxygen atoms in total. The molecule has 1 heterocycles. The number of hydrogen-bond acceptors (Lipinski definition) is 6. The molecule has 1 aliphatic heterocycles. The van der Waals surface area contributed by atoms with Crippen LogP contribution in [0.1, 0.15) is 5.56 Å². The van der Waals surface area contributed by atoms with E-state index in [9.17, 15) is 22.0 Å². The summed E-state index contributed by atoms with van der Waals surface area (Å²) in [5.41, 5.74) is 0.557. The maximum atomic E-state index is 12.5. The van der Waals surface area contributed by atoms with E-state index in [1.165, 1.54) is 31.4 Å². The van der Waals surface area contributed by atoms with Gasteiger partial charge in [0.2, 0.25) is 5.91 Å². The molecule has 0 bridgehead atoms. The van der Waals surface area contributed by atoms with E-state index in [-0.39, 0.29) is 34.5 Å². The minimum Gasteiger partial charge on any atom is -0.493 e. The number of amides is 1. The quantitative estimate of drug-likeness (QED) is 0.756. The van der Waals surface area contributed by atoms with Crippen molar-refractivity contribution in [2.45, 2.75) is 11.5 Å². The van der Waals surface area contributed by atoms with Gasteiger partial charge in [-0.2, -0.15) is 8.78 Å². The predicted octanol–water partition coefficient (Wildman–Crippen LogP) is 1.97. The number of alkyl halides is 2. The molecule has 0 saturated heterocycles. The Morgan fingerprint density at radius 3 is 2.68 bits per heavy atom. The van der Waals surface area contributed by atoms with E-state index in [4.69, 9.17) is 4.74 Å². The number of ether oxygens (including phenoxy) is 2. The molecule has 28 heavy (non-hydrogen) atoms. The lowest BCUT2D eigenvalue weighted by atomic mass is 10.2. The van der Waals surface area contributed by atoms with Crippen molar-refractivity contribution in [1.82, 2.24) is 4.72 Å². The minimum absolute atomic E-state index is 0.0576. The van der Waals surface area contributed by atoms with Gasteiger partial charge in [-0.1, -0.05) is 12.1 Å². The number of hydrogen-bond donors (Lipinski definition) is 2. The van der Waals surface area contributed by atoms with Crippen LogP contribution in [0.2, 0.25) is 0 Å². The van der Waals surface area contributed by atoms with Gasteiger partial charge in [0.1, 0.15) is 12.4 Å². The van der Waals surface area contributed by atoms with Crippen LogP contribution < -0.4 is 19.5 Å². The molecule has 11 heteroatoms. The number of fused-ring (bicyclic) bond motifs is 1. The number of aliphatic imine (C=N–C) groups is 1. The average Bonchev–Trinajstić information content (AvgIpc) is 2.91. The minimum atomic E-state index is -3.70. The fraction of sp³-hybridized carbons (Fsp3) is 0.176. The second-order valence-electron chi connectivity index (χ2n) is 5.56. The van der Waals surface area contributed by atoms with Crippen LogP contribution in [0.5, 0.6) is 11.5 Å². The molecule has 0 unspecified atom stereocenters. The second kappa shape index (κ2) is 7.80. The van der Waals surface area contributed by atoms with Gasteiger partial charge in [0.05, 0.1) is 12.0 Å². The summed E-state index contributed by atoms with van der Waals surface area (Å²) in [6.07, 6.45) is 0. The molecule has 2 aromatic rings. The number of halogens is 2. The first-order valence-electron chi connectivity index (χ1n) is 7.89. The number of amidine groups is 1. The fourth-order valence-electron chi connectivity index (χ4n) is 2.55. The zero-order valence-electron chi connectivity index (χ0n) is 14.5. The van der Waals surface area contributed by atoms with Crippen LogP contribution in [0.3, 0.4) is 0 Å². The molecule has 0 aromatic heterocycles. The largest absolute Gasteiger partial charge is 0.493 e. The van der Waals surface area contributed by atoms with Gasteiger partial charge in [-0.15, -0.1) is 0 Å². The Hall–Kier alpha value is -3.21. The van der Waals surface area contributed by atoms with Gasteiger partial charge in [-0.3, -0.25) is 14.5 Å². The van der Waals surface area contributed by atoms with Crippen molar-refractivity contribution < 1.29 is 31.5 Å². The van der Waals surface area contributed by atoms with Gasteiger partial charge in [-0.05, 0) is 24.3 Å². The Morgan fingerprint density at radius 1 is 1.21 bits per heavy atom. The lowest BCUT2D eigenvalue weighted by Crippen LogP contribution is -2.24. The number of anilines is 1. The topological polar surface area (TPSA) is 106 Å². The van der Waals surface area contributed by atoms with Crippen LogP contribution in [-0.2, 0) is 14.8 Å². The van der Waals surface area contributed by atoms with Gasteiger partial charge in [-0.25, -0.2) is 8.42 Å². The molecule has 0 aliphatic carbocycles. The van der Waals surface area contributed by atoms with Crippen molar-refractivity contribution in [3.63, 3.8) is 0 Å². The highest BCUT2D eigenvalue weighted by atomic mass is 32.2. The lowest BCUT2D eigenvalue weighted by molar-refractivity contribution is -0.114. The van der Waals surface area contributed by atoms with Crippen molar-refractivity contribution >= 4 is 27.5 Å². The molecular formula is C17H15F2N3O5S. The van der Waals surface area contributed by atoms with Crippen LogP contribution in [0.4, 0.5) is 14.5 Å². The summed E-state index contributed by atoms with van der Waals surface area (Å²) in [5.74, 6) is -0.680. The third-order valence-corrected chi connectivity index (χ3v) is 5.10. The zero-order chi connectivity index (χ0) is 20.3. The molecule has 1 amide bonds. The van der Waals surface area contributed by atoms with Crippen LogP contribution in [0.25, 0.3) is 0 Å². The lowest BCUT2D eigenvalue weighted by Gasteiger charge is -2.12. The molecular weight excluding hydrogens is 396 g/mol. The van der Waals surface area contributed by atoms with Crippen molar-refractivity contribution in [2.75, 3.05) is 19.0 Å². The summed E-state index contributed by atoms with van der Waals surface area (Å²) in [4.78, 5) is 16.2. The molecule has 0 spiro atoms. The summed E-state index contributed by atoms with van der Waals surface area (Å²) < 4.78 is 60.5. The van der Waals surface area contributed by atoms with Gasteiger partial charge in [0.15, 0.2) is 11.5 Å². The number of nitrogens with zero attached hydrogens (tertiary/aromatic N) is 1. The highest BCUT2D eigenvalue weighted by Gasteiger charge is 2.30. The van der Waals surface area contributed by atoms with E-state index in [0.717, 1.165) is 0 Å². The van der Waals surface area contributed by atoms with Crippen molar-refractivity contribution in [3.05, 3.63) is 48.0 Å². The Kier molecular flexibility index (Phi) is 5.45. The number of benzene rings is 2. The number of carbonyl (C=O) groups excluding carboxylic acids is 1. The van der Waals surface area contributed by atoms with Crippen LogP contribution in [-0.4, -0.2) is 40.4 Å². The van der Waals surface area contributed by atoms with E-state index < -0.39 is 22.5 Å². The van der Waals surface area contributed by atoms with Gasteiger partial charge in [0.25, 0.3) is 10.0 Å². The zero-order valence-corrected chi connectivity index (χ0v) is 15.3. The van der Waals surface area contributed by atoms with Crippen molar-refractivity contribution in [2.24, 2.45) is 4.99 Å². The van der Waals surface area contributed by atoms with E-state index >= 15 is 0 Å². The monoisotopic (exact) mass is 411 g/mol. The Labute approximate surface area is 159 Å². The number of methoxy groups -OCH3 is 1.